The van der Waals surface area contributed by atoms with E-state index < -0.39 is 17.8 Å². The van der Waals surface area contributed by atoms with Crippen molar-refractivity contribution >= 4 is 23.0 Å². The van der Waals surface area contributed by atoms with Crippen molar-refractivity contribution in [1.29, 1.82) is 0 Å². The normalized spacial score (nSPS) is 12.3. The number of carboxylic acids is 1. The number of carbonyl (C=O) groups excluding carboxylic acids is 1. The maximum absolute atomic E-state index is 11.7. The van der Waals surface area contributed by atoms with Crippen molar-refractivity contribution in [3.63, 3.8) is 0 Å². The van der Waals surface area contributed by atoms with Crippen LogP contribution in [0.2, 0.25) is 0 Å². The second kappa shape index (κ2) is 5.51. The number of aromatic nitrogens is 1. The SMILES string of the molecule is CCC(C(=O)O)C(=O)NCc1ccc2ncoc2c1. The number of carboxylic acid groups (broad SMARTS) is 1. The van der Waals surface area contributed by atoms with Gasteiger partial charge in [0.25, 0.3) is 0 Å². The quantitative estimate of drug-likeness (QED) is 0.797. The predicted octanol–water partition coefficient (Wildman–Crippen LogP) is 1.55. The number of amides is 1. The van der Waals surface area contributed by atoms with Crippen molar-refractivity contribution < 1.29 is 19.1 Å². The number of fused-ring (bicyclic) bond motifs is 1. The van der Waals surface area contributed by atoms with E-state index in [0.717, 1.165) is 11.1 Å². The molecular weight excluding hydrogens is 248 g/mol. The first kappa shape index (κ1) is 13.1. The van der Waals surface area contributed by atoms with E-state index in [9.17, 15) is 9.59 Å². The standard InChI is InChI=1S/C13H14N2O4/c1-2-9(13(17)18)12(16)14-6-8-3-4-10-11(5-8)19-7-15-10/h3-5,7,9H,2,6H2,1H3,(H,14,16)(H,17,18). The molecule has 1 amide bonds. The van der Waals surface area contributed by atoms with Crippen LogP contribution < -0.4 is 5.32 Å². The van der Waals surface area contributed by atoms with Crippen LogP contribution in [0.25, 0.3) is 11.1 Å². The summed E-state index contributed by atoms with van der Waals surface area (Å²) in [4.78, 5) is 26.5. The summed E-state index contributed by atoms with van der Waals surface area (Å²) in [6.45, 7) is 1.93. The Balaban J connectivity index is 2.01. The van der Waals surface area contributed by atoms with Gasteiger partial charge in [0, 0.05) is 6.54 Å². The van der Waals surface area contributed by atoms with E-state index in [-0.39, 0.29) is 13.0 Å². The minimum atomic E-state index is -1.11. The Bertz CT molecular complexity index is 605. The lowest BCUT2D eigenvalue weighted by Crippen LogP contribution is -2.34. The topological polar surface area (TPSA) is 92.4 Å². The summed E-state index contributed by atoms with van der Waals surface area (Å²) >= 11 is 0. The number of hydrogen-bond acceptors (Lipinski definition) is 4. The maximum atomic E-state index is 11.7. The van der Waals surface area contributed by atoms with Gasteiger partial charge in [-0.15, -0.1) is 0 Å². The Kier molecular flexibility index (Phi) is 3.79. The van der Waals surface area contributed by atoms with Gasteiger partial charge in [0.15, 0.2) is 12.0 Å². The predicted molar refractivity (Wildman–Crippen MR) is 67.3 cm³/mol. The third kappa shape index (κ3) is 2.90. The number of hydrogen-bond donors (Lipinski definition) is 2. The van der Waals surface area contributed by atoms with Crippen molar-refractivity contribution in [2.75, 3.05) is 0 Å². The molecule has 2 N–H and O–H groups in total. The molecular formula is C13H14N2O4. The zero-order chi connectivity index (χ0) is 13.8. The van der Waals surface area contributed by atoms with Gasteiger partial charge in [-0.05, 0) is 24.1 Å². The number of aliphatic carboxylic acids is 1. The molecule has 100 valence electrons. The van der Waals surface area contributed by atoms with Crippen LogP contribution >= 0.6 is 0 Å². The Hall–Kier alpha value is -2.37. The second-order valence-electron chi connectivity index (χ2n) is 4.17. The molecule has 2 rings (SSSR count). The molecule has 0 aliphatic rings. The maximum Gasteiger partial charge on any atom is 0.316 e. The fraction of sp³-hybridized carbons (Fsp3) is 0.308. The van der Waals surface area contributed by atoms with Crippen LogP contribution in [0.3, 0.4) is 0 Å². The van der Waals surface area contributed by atoms with E-state index in [1.54, 1.807) is 19.1 Å². The van der Waals surface area contributed by atoms with E-state index in [0.29, 0.717) is 5.58 Å². The van der Waals surface area contributed by atoms with Gasteiger partial charge in [0.2, 0.25) is 5.91 Å². The van der Waals surface area contributed by atoms with Crippen LogP contribution in [0.5, 0.6) is 0 Å². The molecule has 1 heterocycles. The minimum absolute atomic E-state index is 0.263. The summed E-state index contributed by atoms with van der Waals surface area (Å²) in [5.74, 6) is -2.59. The monoisotopic (exact) mass is 262 g/mol. The molecule has 0 radical (unpaired) electrons. The molecule has 1 aromatic heterocycles. The molecule has 1 atom stereocenters. The fourth-order valence-electron chi connectivity index (χ4n) is 1.79. The zero-order valence-corrected chi connectivity index (χ0v) is 10.4. The Morgan fingerprint density at radius 3 is 2.95 bits per heavy atom. The lowest BCUT2D eigenvalue weighted by molar-refractivity contribution is -0.147. The Morgan fingerprint density at radius 1 is 1.47 bits per heavy atom. The summed E-state index contributed by atoms with van der Waals surface area (Å²) in [6, 6.07) is 5.37. The molecule has 2 aromatic rings. The number of nitrogens with zero attached hydrogens (tertiary/aromatic N) is 1. The van der Waals surface area contributed by atoms with Crippen LogP contribution in [-0.4, -0.2) is 22.0 Å². The molecule has 19 heavy (non-hydrogen) atoms. The highest BCUT2D eigenvalue weighted by Gasteiger charge is 2.23. The first-order valence-corrected chi connectivity index (χ1v) is 5.94. The Labute approximate surface area is 109 Å². The first-order valence-electron chi connectivity index (χ1n) is 5.94. The van der Waals surface area contributed by atoms with E-state index in [4.69, 9.17) is 9.52 Å². The highest BCUT2D eigenvalue weighted by Crippen LogP contribution is 2.14. The third-order valence-corrected chi connectivity index (χ3v) is 2.89. The zero-order valence-electron chi connectivity index (χ0n) is 10.4. The number of rotatable bonds is 5. The van der Waals surface area contributed by atoms with Crippen LogP contribution in [-0.2, 0) is 16.1 Å². The van der Waals surface area contributed by atoms with Crippen molar-refractivity contribution in [3.8, 4) is 0 Å². The molecule has 1 aromatic carbocycles. The molecule has 6 heteroatoms. The molecule has 0 spiro atoms. The summed E-state index contributed by atoms with van der Waals surface area (Å²) < 4.78 is 5.15. The van der Waals surface area contributed by atoms with E-state index in [1.165, 1.54) is 6.39 Å². The van der Waals surface area contributed by atoms with Gasteiger partial charge >= 0.3 is 5.97 Å². The second-order valence-corrected chi connectivity index (χ2v) is 4.17. The smallest absolute Gasteiger partial charge is 0.316 e. The number of benzene rings is 1. The molecule has 0 aliphatic carbocycles. The van der Waals surface area contributed by atoms with E-state index in [2.05, 4.69) is 10.3 Å². The first-order chi connectivity index (χ1) is 9.11. The van der Waals surface area contributed by atoms with Gasteiger partial charge in [-0.1, -0.05) is 13.0 Å². The van der Waals surface area contributed by atoms with Crippen molar-refractivity contribution in [2.45, 2.75) is 19.9 Å². The summed E-state index contributed by atoms with van der Waals surface area (Å²) in [5.41, 5.74) is 2.21. The van der Waals surface area contributed by atoms with E-state index in [1.807, 2.05) is 6.07 Å². The Morgan fingerprint density at radius 2 is 2.26 bits per heavy atom. The lowest BCUT2D eigenvalue weighted by Gasteiger charge is -2.10. The number of nitrogens with one attached hydrogen (secondary N) is 1. The molecule has 0 saturated carbocycles. The van der Waals surface area contributed by atoms with Crippen LogP contribution in [0.4, 0.5) is 0 Å². The number of oxazole rings is 1. The van der Waals surface area contributed by atoms with Gasteiger partial charge in [0.05, 0.1) is 0 Å². The molecule has 1 unspecified atom stereocenters. The molecule has 0 bridgehead atoms. The van der Waals surface area contributed by atoms with Gasteiger partial charge < -0.3 is 14.8 Å². The fourth-order valence-corrected chi connectivity index (χ4v) is 1.79. The lowest BCUT2D eigenvalue weighted by atomic mass is 10.1. The molecule has 0 saturated heterocycles. The molecule has 6 nitrogen and oxygen atoms in total. The average Bonchev–Trinajstić information content (AvgIpc) is 2.84. The summed E-state index contributed by atoms with van der Waals surface area (Å²) in [5, 5.41) is 11.5. The summed E-state index contributed by atoms with van der Waals surface area (Å²) in [7, 11) is 0. The van der Waals surface area contributed by atoms with Crippen molar-refractivity contribution in [1.82, 2.24) is 10.3 Å². The third-order valence-electron chi connectivity index (χ3n) is 2.89. The van der Waals surface area contributed by atoms with Gasteiger partial charge in [-0.2, -0.15) is 0 Å². The van der Waals surface area contributed by atoms with Crippen LogP contribution in [0.1, 0.15) is 18.9 Å². The van der Waals surface area contributed by atoms with Gasteiger partial charge in [-0.25, -0.2) is 4.98 Å². The van der Waals surface area contributed by atoms with Gasteiger partial charge in [-0.3, -0.25) is 9.59 Å². The summed E-state index contributed by atoms with van der Waals surface area (Å²) in [6.07, 6.45) is 1.62. The van der Waals surface area contributed by atoms with Crippen molar-refractivity contribution in [2.24, 2.45) is 5.92 Å². The van der Waals surface area contributed by atoms with Crippen molar-refractivity contribution in [3.05, 3.63) is 30.2 Å². The average molecular weight is 262 g/mol. The van der Waals surface area contributed by atoms with Gasteiger partial charge in [0.1, 0.15) is 11.4 Å². The molecule has 0 aliphatic heterocycles. The number of carbonyl (C=O) groups is 2. The van der Waals surface area contributed by atoms with E-state index >= 15 is 0 Å². The highest BCUT2D eigenvalue weighted by atomic mass is 16.4. The highest BCUT2D eigenvalue weighted by molar-refractivity contribution is 5.96. The van der Waals surface area contributed by atoms with Crippen LogP contribution in [0.15, 0.2) is 29.0 Å². The van der Waals surface area contributed by atoms with Crippen LogP contribution in [0, 0.1) is 5.92 Å². The minimum Gasteiger partial charge on any atom is -0.481 e. The largest absolute Gasteiger partial charge is 0.481 e. The molecule has 0 fully saturated rings.